The summed E-state index contributed by atoms with van der Waals surface area (Å²) in [6.07, 6.45) is 5.36. The first-order valence-electron chi connectivity index (χ1n) is 11.5. The number of hydrogen-bond acceptors (Lipinski definition) is 6. The van der Waals surface area contributed by atoms with Crippen LogP contribution in [0.5, 0.6) is 11.5 Å². The van der Waals surface area contributed by atoms with E-state index in [9.17, 15) is 24.9 Å². The standard InChI is InChI=1S/C27H36O6/c1-7-20(28)19-14-22(30)33-27-23(19)25(31)18(12-11-17(6)10-8-9-15(2)3)26(32)24(27)21(29)13-16(4)5/h9,11,14,16,20,28,31-32H,7-8,10,12-13H2,1-6H3. The number of rotatable bonds is 10. The van der Waals surface area contributed by atoms with Crippen LogP contribution < -0.4 is 5.63 Å². The molecule has 180 valence electrons. The second kappa shape index (κ2) is 11.3. The van der Waals surface area contributed by atoms with Gasteiger partial charge in [0.05, 0.1) is 11.5 Å². The van der Waals surface area contributed by atoms with Crippen molar-refractivity contribution >= 4 is 16.8 Å². The summed E-state index contributed by atoms with van der Waals surface area (Å²) in [5.41, 5.74) is 1.62. The number of carbonyl (C=O) groups excluding carboxylic acids is 1. The third-order valence-corrected chi connectivity index (χ3v) is 5.63. The normalized spacial score (nSPS) is 12.9. The lowest BCUT2D eigenvalue weighted by Crippen LogP contribution is -2.11. The van der Waals surface area contributed by atoms with Gasteiger partial charge >= 0.3 is 5.63 Å². The molecule has 33 heavy (non-hydrogen) atoms. The molecule has 1 atom stereocenters. The number of hydrogen-bond donors (Lipinski definition) is 3. The maximum atomic E-state index is 13.1. The van der Waals surface area contributed by atoms with Gasteiger partial charge in [0.15, 0.2) is 11.4 Å². The molecule has 0 spiro atoms. The van der Waals surface area contributed by atoms with Gasteiger partial charge in [-0.1, -0.05) is 44.1 Å². The van der Waals surface area contributed by atoms with Gasteiger partial charge in [0.2, 0.25) is 0 Å². The highest BCUT2D eigenvalue weighted by atomic mass is 16.4. The Morgan fingerprint density at radius 3 is 2.36 bits per heavy atom. The maximum Gasteiger partial charge on any atom is 0.336 e. The van der Waals surface area contributed by atoms with Gasteiger partial charge in [-0.2, -0.15) is 0 Å². The van der Waals surface area contributed by atoms with Gasteiger partial charge < -0.3 is 19.7 Å². The molecule has 1 heterocycles. The van der Waals surface area contributed by atoms with E-state index in [2.05, 4.69) is 6.08 Å². The number of phenols is 2. The fourth-order valence-corrected chi connectivity index (χ4v) is 3.83. The molecule has 0 fully saturated rings. The van der Waals surface area contributed by atoms with Crippen LogP contribution in [-0.4, -0.2) is 21.1 Å². The van der Waals surface area contributed by atoms with Crippen molar-refractivity contribution in [2.24, 2.45) is 5.92 Å². The largest absolute Gasteiger partial charge is 0.507 e. The van der Waals surface area contributed by atoms with Gasteiger partial charge in [-0.05, 0) is 52.4 Å². The first-order chi connectivity index (χ1) is 15.5. The lowest BCUT2D eigenvalue weighted by atomic mass is 9.91. The van der Waals surface area contributed by atoms with Crippen molar-refractivity contribution in [1.82, 2.24) is 0 Å². The van der Waals surface area contributed by atoms with Crippen LogP contribution in [0.15, 0.2) is 38.6 Å². The Labute approximate surface area is 195 Å². The van der Waals surface area contributed by atoms with E-state index in [0.29, 0.717) is 6.42 Å². The van der Waals surface area contributed by atoms with Crippen molar-refractivity contribution < 1.29 is 24.5 Å². The number of aliphatic hydroxyl groups is 1. The Hall–Kier alpha value is -2.86. The zero-order chi connectivity index (χ0) is 24.9. The van der Waals surface area contributed by atoms with E-state index >= 15 is 0 Å². The first kappa shape index (κ1) is 26.4. The van der Waals surface area contributed by atoms with Gasteiger partial charge in [0.25, 0.3) is 0 Å². The molecule has 1 aromatic heterocycles. The molecule has 2 aromatic rings. The number of aliphatic hydroxyl groups excluding tert-OH is 1. The van der Waals surface area contributed by atoms with E-state index in [1.54, 1.807) is 6.92 Å². The molecular formula is C27H36O6. The van der Waals surface area contributed by atoms with Crippen LogP contribution in [0.3, 0.4) is 0 Å². The maximum absolute atomic E-state index is 13.1. The predicted octanol–water partition coefficient (Wildman–Crippen LogP) is 6.11. The monoisotopic (exact) mass is 456 g/mol. The van der Waals surface area contributed by atoms with E-state index in [0.717, 1.165) is 24.5 Å². The summed E-state index contributed by atoms with van der Waals surface area (Å²) in [6, 6.07) is 1.13. The van der Waals surface area contributed by atoms with E-state index in [1.165, 1.54) is 5.57 Å². The van der Waals surface area contributed by atoms with Crippen molar-refractivity contribution in [2.75, 3.05) is 0 Å². The third kappa shape index (κ3) is 6.35. The van der Waals surface area contributed by atoms with Gasteiger partial charge in [0.1, 0.15) is 17.1 Å². The van der Waals surface area contributed by atoms with E-state index in [-0.39, 0.29) is 63.7 Å². The fourth-order valence-electron chi connectivity index (χ4n) is 3.83. The highest BCUT2D eigenvalue weighted by Gasteiger charge is 2.28. The van der Waals surface area contributed by atoms with Crippen LogP contribution in [0, 0.1) is 5.92 Å². The van der Waals surface area contributed by atoms with Crippen molar-refractivity contribution in [2.45, 2.75) is 79.8 Å². The van der Waals surface area contributed by atoms with Crippen LogP contribution in [0.2, 0.25) is 0 Å². The molecule has 0 amide bonds. The summed E-state index contributed by atoms with van der Waals surface area (Å²) in [5.74, 6) is -1.05. The molecule has 0 radical (unpaired) electrons. The molecule has 0 saturated heterocycles. The number of allylic oxidation sites excluding steroid dienone is 4. The minimum atomic E-state index is -1.03. The molecule has 0 saturated carbocycles. The van der Waals surface area contributed by atoms with Crippen molar-refractivity contribution in [1.29, 1.82) is 0 Å². The van der Waals surface area contributed by atoms with E-state index < -0.39 is 11.7 Å². The number of fused-ring (bicyclic) bond motifs is 1. The molecule has 3 N–H and O–H groups in total. The smallest absolute Gasteiger partial charge is 0.336 e. The number of Topliss-reactive ketones (excluding diaryl/α,β-unsaturated/α-hetero) is 1. The van der Waals surface area contributed by atoms with Crippen molar-refractivity contribution in [3.63, 3.8) is 0 Å². The number of phenolic OH excluding ortho intramolecular Hbond substituents is 2. The average Bonchev–Trinajstić information content (AvgIpc) is 2.71. The van der Waals surface area contributed by atoms with Gasteiger partial charge in [0, 0.05) is 23.6 Å². The van der Waals surface area contributed by atoms with E-state index in [4.69, 9.17) is 4.42 Å². The first-order valence-corrected chi connectivity index (χ1v) is 11.5. The van der Waals surface area contributed by atoms with Gasteiger partial charge in [-0.15, -0.1) is 0 Å². The number of carbonyl (C=O) groups is 1. The minimum Gasteiger partial charge on any atom is -0.507 e. The molecule has 0 aliphatic heterocycles. The Morgan fingerprint density at radius 2 is 1.79 bits per heavy atom. The van der Waals surface area contributed by atoms with Crippen LogP contribution in [-0.2, 0) is 6.42 Å². The Bertz CT molecular complexity index is 1130. The molecular weight excluding hydrogens is 420 g/mol. The lowest BCUT2D eigenvalue weighted by Gasteiger charge is -2.18. The molecule has 6 nitrogen and oxygen atoms in total. The second-order valence-corrected chi connectivity index (χ2v) is 9.30. The lowest BCUT2D eigenvalue weighted by molar-refractivity contribution is 0.0965. The Kier molecular flexibility index (Phi) is 9.06. The molecule has 0 aliphatic rings. The molecule has 0 bridgehead atoms. The summed E-state index contributed by atoms with van der Waals surface area (Å²) >= 11 is 0. The zero-order valence-corrected chi connectivity index (χ0v) is 20.5. The molecule has 1 unspecified atom stereocenters. The summed E-state index contributed by atoms with van der Waals surface area (Å²) < 4.78 is 5.32. The number of benzene rings is 1. The van der Waals surface area contributed by atoms with E-state index in [1.807, 2.05) is 40.7 Å². The fraction of sp³-hybridized carbons (Fsp3) is 0.481. The van der Waals surface area contributed by atoms with Crippen LogP contribution >= 0.6 is 0 Å². The highest BCUT2D eigenvalue weighted by molar-refractivity contribution is 6.11. The third-order valence-electron chi connectivity index (χ3n) is 5.63. The number of aromatic hydroxyl groups is 2. The van der Waals surface area contributed by atoms with Crippen LogP contribution in [0.25, 0.3) is 11.0 Å². The summed E-state index contributed by atoms with van der Waals surface area (Å²) in [6.45, 7) is 11.6. The number of ketones is 1. The molecule has 1 aromatic carbocycles. The summed E-state index contributed by atoms with van der Waals surface area (Å²) in [5, 5.41) is 32.8. The van der Waals surface area contributed by atoms with Crippen LogP contribution in [0.1, 0.15) is 94.8 Å². The second-order valence-electron chi connectivity index (χ2n) is 9.30. The highest BCUT2D eigenvalue weighted by Crippen LogP contribution is 2.43. The van der Waals surface area contributed by atoms with Crippen LogP contribution in [0.4, 0.5) is 0 Å². The van der Waals surface area contributed by atoms with Gasteiger partial charge in [-0.3, -0.25) is 4.79 Å². The summed E-state index contributed by atoms with van der Waals surface area (Å²) in [7, 11) is 0. The molecule has 0 aliphatic carbocycles. The predicted molar refractivity (Wildman–Crippen MR) is 131 cm³/mol. The van der Waals surface area contributed by atoms with Crippen molar-refractivity contribution in [3.8, 4) is 11.5 Å². The minimum absolute atomic E-state index is 0.0116. The Balaban J connectivity index is 2.74. The quantitative estimate of drug-likeness (QED) is 0.226. The zero-order valence-electron chi connectivity index (χ0n) is 20.5. The topological polar surface area (TPSA) is 108 Å². The van der Waals surface area contributed by atoms with Crippen molar-refractivity contribution in [3.05, 3.63) is 56.5 Å². The Morgan fingerprint density at radius 1 is 1.12 bits per heavy atom. The summed E-state index contributed by atoms with van der Waals surface area (Å²) in [4.78, 5) is 25.3. The SMILES string of the molecule is CCC(O)c1cc(=O)oc2c(C(=O)CC(C)C)c(O)c(CC=C(C)CCC=C(C)C)c(O)c12. The molecule has 6 heteroatoms. The van der Waals surface area contributed by atoms with Gasteiger partial charge in [-0.25, -0.2) is 4.79 Å². The molecule has 2 rings (SSSR count). The average molecular weight is 457 g/mol.